The molecule has 4 aromatic rings. The molecule has 0 heterocycles. The first-order chi connectivity index (χ1) is 11.6. The lowest BCUT2D eigenvalue weighted by Gasteiger charge is -2.17. The molecule has 0 atom stereocenters. The molecule has 0 unspecified atom stereocenters. The molecular formula is C21H13BrCl2. The average molecular weight is 416 g/mol. The largest absolute Gasteiger partial charge is 0.0843 e. The molecule has 4 aromatic carbocycles. The van der Waals surface area contributed by atoms with Crippen molar-refractivity contribution in [2.24, 2.45) is 0 Å². The zero-order chi connectivity index (χ0) is 16.8. The van der Waals surface area contributed by atoms with Gasteiger partial charge in [0.25, 0.3) is 0 Å². The van der Waals surface area contributed by atoms with Crippen molar-refractivity contribution in [3.63, 3.8) is 0 Å². The lowest BCUT2D eigenvalue weighted by molar-refractivity contribution is 1.51. The van der Waals surface area contributed by atoms with Crippen LogP contribution >= 0.6 is 39.1 Å². The van der Waals surface area contributed by atoms with Gasteiger partial charge in [-0.05, 0) is 69.4 Å². The number of hydrogen-bond donors (Lipinski definition) is 0. The summed E-state index contributed by atoms with van der Waals surface area (Å²) in [5.41, 5.74) is 3.61. The number of halogens is 3. The number of fused-ring (bicyclic) bond motifs is 3. The van der Waals surface area contributed by atoms with Crippen LogP contribution in [-0.2, 0) is 0 Å². The topological polar surface area (TPSA) is 0 Å². The van der Waals surface area contributed by atoms with Crippen LogP contribution in [0.1, 0.15) is 5.56 Å². The molecule has 0 bridgehead atoms. The Kier molecular flexibility index (Phi) is 4.04. The van der Waals surface area contributed by atoms with Crippen molar-refractivity contribution in [1.82, 2.24) is 0 Å². The Morgan fingerprint density at radius 3 is 2.12 bits per heavy atom. The van der Waals surface area contributed by atoms with Gasteiger partial charge in [-0.25, -0.2) is 0 Å². The Labute approximate surface area is 159 Å². The van der Waals surface area contributed by atoms with Crippen LogP contribution in [0.25, 0.3) is 32.7 Å². The molecule has 24 heavy (non-hydrogen) atoms. The molecule has 0 saturated heterocycles. The molecule has 0 aliphatic rings. The predicted octanol–water partition coefficient (Wildman–Crippen LogP) is 8.04. The predicted molar refractivity (Wildman–Crippen MR) is 109 cm³/mol. The van der Waals surface area contributed by atoms with E-state index in [2.05, 4.69) is 59.3 Å². The summed E-state index contributed by atoms with van der Waals surface area (Å²) in [6.45, 7) is 2.17. The first-order valence-electron chi connectivity index (χ1n) is 7.62. The van der Waals surface area contributed by atoms with Crippen LogP contribution in [0, 0.1) is 6.92 Å². The van der Waals surface area contributed by atoms with E-state index >= 15 is 0 Å². The Morgan fingerprint density at radius 2 is 1.38 bits per heavy atom. The Balaban J connectivity index is 2.22. The fraction of sp³-hybridized carbons (Fsp3) is 0.0476. The number of benzene rings is 4. The summed E-state index contributed by atoms with van der Waals surface area (Å²) in [5, 5.41) is 6.30. The fourth-order valence-electron chi connectivity index (χ4n) is 3.38. The maximum absolute atomic E-state index is 6.25. The molecule has 0 radical (unpaired) electrons. The quantitative estimate of drug-likeness (QED) is 0.276. The molecule has 0 nitrogen and oxygen atoms in total. The van der Waals surface area contributed by atoms with Gasteiger partial charge in [-0.15, -0.1) is 0 Å². The van der Waals surface area contributed by atoms with Gasteiger partial charge in [0.1, 0.15) is 0 Å². The monoisotopic (exact) mass is 414 g/mol. The van der Waals surface area contributed by atoms with E-state index in [9.17, 15) is 0 Å². The van der Waals surface area contributed by atoms with Gasteiger partial charge in [0.2, 0.25) is 0 Å². The molecule has 0 fully saturated rings. The van der Waals surface area contributed by atoms with Gasteiger partial charge < -0.3 is 0 Å². The van der Waals surface area contributed by atoms with Gasteiger partial charge in [-0.3, -0.25) is 0 Å². The molecule has 0 aromatic heterocycles. The summed E-state index contributed by atoms with van der Waals surface area (Å²) in [6.07, 6.45) is 0. The van der Waals surface area contributed by atoms with E-state index < -0.39 is 0 Å². The van der Waals surface area contributed by atoms with Gasteiger partial charge in [0.15, 0.2) is 0 Å². The second-order valence-corrected chi connectivity index (χ2v) is 7.59. The minimum Gasteiger partial charge on any atom is -0.0843 e. The summed E-state index contributed by atoms with van der Waals surface area (Å²) in [4.78, 5) is 0. The van der Waals surface area contributed by atoms with Crippen LogP contribution < -0.4 is 0 Å². The van der Waals surface area contributed by atoms with Crippen LogP contribution in [0.5, 0.6) is 0 Å². The van der Waals surface area contributed by atoms with Crippen LogP contribution in [0.15, 0.2) is 65.1 Å². The smallest absolute Gasteiger partial charge is 0.0417 e. The second-order valence-electron chi connectivity index (χ2n) is 5.86. The van der Waals surface area contributed by atoms with Gasteiger partial charge in [0.05, 0.1) is 0 Å². The van der Waals surface area contributed by atoms with Crippen molar-refractivity contribution in [2.45, 2.75) is 6.92 Å². The van der Waals surface area contributed by atoms with Crippen molar-refractivity contribution >= 4 is 60.7 Å². The SMILES string of the molecule is Cc1c(-c2ccc(Cl)cc2Br)c2ccccc2c2cc(Cl)ccc12. The van der Waals surface area contributed by atoms with E-state index in [-0.39, 0.29) is 0 Å². The first kappa shape index (κ1) is 16.0. The molecule has 118 valence electrons. The minimum atomic E-state index is 0.722. The summed E-state index contributed by atoms with van der Waals surface area (Å²) >= 11 is 16.1. The number of aryl methyl sites for hydroxylation is 1. The van der Waals surface area contributed by atoms with Gasteiger partial charge >= 0.3 is 0 Å². The fourth-order valence-corrected chi connectivity index (χ4v) is 4.43. The van der Waals surface area contributed by atoms with E-state index in [4.69, 9.17) is 23.2 Å². The molecule has 0 aliphatic carbocycles. The zero-order valence-electron chi connectivity index (χ0n) is 12.9. The molecule has 0 spiro atoms. The van der Waals surface area contributed by atoms with Crippen LogP contribution in [-0.4, -0.2) is 0 Å². The lowest BCUT2D eigenvalue weighted by atomic mass is 9.89. The number of hydrogen-bond acceptors (Lipinski definition) is 0. The normalized spacial score (nSPS) is 11.3. The van der Waals surface area contributed by atoms with E-state index in [0.29, 0.717) is 0 Å². The van der Waals surface area contributed by atoms with E-state index in [1.807, 2.05) is 24.3 Å². The molecule has 0 saturated carbocycles. The maximum Gasteiger partial charge on any atom is 0.0417 e. The Hall–Kier alpha value is -1.54. The highest BCUT2D eigenvalue weighted by atomic mass is 79.9. The van der Waals surface area contributed by atoms with Gasteiger partial charge in [0, 0.05) is 14.5 Å². The highest BCUT2D eigenvalue weighted by Gasteiger charge is 2.15. The maximum atomic E-state index is 6.25. The summed E-state index contributed by atoms with van der Waals surface area (Å²) in [7, 11) is 0. The Morgan fingerprint density at radius 1 is 0.708 bits per heavy atom. The van der Waals surface area contributed by atoms with Crippen molar-refractivity contribution in [1.29, 1.82) is 0 Å². The van der Waals surface area contributed by atoms with Crippen molar-refractivity contribution < 1.29 is 0 Å². The van der Waals surface area contributed by atoms with Crippen molar-refractivity contribution in [2.75, 3.05) is 0 Å². The third kappa shape index (κ3) is 2.52. The van der Waals surface area contributed by atoms with E-state index in [0.717, 1.165) is 20.1 Å². The summed E-state index contributed by atoms with van der Waals surface area (Å²) in [5.74, 6) is 0. The minimum absolute atomic E-state index is 0.722. The molecule has 0 amide bonds. The molecule has 3 heteroatoms. The second kappa shape index (κ2) is 6.07. The van der Waals surface area contributed by atoms with Crippen molar-refractivity contribution in [3.8, 4) is 11.1 Å². The molecule has 0 N–H and O–H groups in total. The zero-order valence-corrected chi connectivity index (χ0v) is 16.0. The van der Waals surface area contributed by atoms with Crippen LogP contribution in [0.4, 0.5) is 0 Å². The standard InChI is InChI=1S/C21H13BrCl2/c1-12-15-8-6-13(23)10-19(15)16-4-2-3-5-17(16)21(12)18-9-7-14(24)11-20(18)22/h2-11H,1H3. The number of rotatable bonds is 1. The highest BCUT2D eigenvalue weighted by molar-refractivity contribution is 9.10. The third-order valence-corrected chi connectivity index (χ3v) is 5.57. The first-order valence-corrected chi connectivity index (χ1v) is 9.17. The molecule has 4 rings (SSSR count). The van der Waals surface area contributed by atoms with Crippen LogP contribution in [0.2, 0.25) is 10.0 Å². The average Bonchev–Trinajstić information content (AvgIpc) is 2.56. The molecular weight excluding hydrogens is 403 g/mol. The Bertz CT molecular complexity index is 1100. The lowest BCUT2D eigenvalue weighted by Crippen LogP contribution is -1.91. The van der Waals surface area contributed by atoms with E-state index in [1.54, 1.807) is 0 Å². The van der Waals surface area contributed by atoms with Gasteiger partial charge in [-0.2, -0.15) is 0 Å². The summed E-state index contributed by atoms with van der Waals surface area (Å²) < 4.78 is 0.997. The van der Waals surface area contributed by atoms with Crippen LogP contribution in [0.3, 0.4) is 0 Å². The van der Waals surface area contributed by atoms with E-state index in [1.165, 1.54) is 32.7 Å². The van der Waals surface area contributed by atoms with Gasteiger partial charge in [-0.1, -0.05) is 75.5 Å². The summed E-state index contributed by atoms with van der Waals surface area (Å²) in [6, 6.07) is 20.5. The molecule has 0 aliphatic heterocycles. The highest BCUT2D eigenvalue weighted by Crippen LogP contribution is 2.42. The third-order valence-electron chi connectivity index (χ3n) is 4.45. The van der Waals surface area contributed by atoms with Crippen molar-refractivity contribution in [3.05, 3.63) is 80.7 Å².